The predicted molar refractivity (Wildman–Crippen MR) is 87.8 cm³/mol. The normalized spacial score (nSPS) is 13.0. The van der Waals surface area contributed by atoms with E-state index >= 15 is 0 Å². The molecule has 102 valence electrons. The van der Waals surface area contributed by atoms with Gasteiger partial charge in [-0.2, -0.15) is 5.10 Å². The fourth-order valence-electron chi connectivity index (χ4n) is 1.92. The standard InChI is InChI=1S/C13H14Cl2IN3/c1-7(2)19-13(10(15)6-18-19)12(17)8-3-4-11(16)9(14)5-8/h3-7,12H,17H2,1-2H3. The number of benzene rings is 1. The number of nitrogens with two attached hydrogens (primary N) is 1. The third-order valence-corrected chi connectivity index (χ3v) is 4.74. The lowest BCUT2D eigenvalue weighted by Crippen LogP contribution is -2.19. The second kappa shape index (κ2) is 5.99. The SMILES string of the molecule is CC(C)n1ncc(Cl)c1C(N)c1ccc(I)c(Cl)c1. The van der Waals surface area contributed by atoms with Gasteiger partial charge in [-0.1, -0.05) is 29.3 Å². The monoisotopic (exact) mass is 409 g/mol. The Bertz CT molecular complexity index is 596. The van der Waals surface area contributed by atoms with Gasteiger partial charge in [-0.3, -0.25) is 4.68 Å². The molecule has 1 atom stereocenters. The molecule has 0 saturated carbocycles. The number of halogens is 3. The van der Waals surface area contributed by atoms with Gasteiger partial charge in [0.2, 0.25) is 0 Å². The molecule has 1 aromatic heterocycles. The summed E-state index contributed by atoms with van der Waals surface area (Å²) in [5, 5.41) is 5.55. The van der Waals surface area contributed by atoms with Gasteiger partial charge < -0.3 is 5.73 Å². The predicted octanol–water partition coefficient (Wildman–Crippen LogP) is 4.42. The minimum atomic E-state index is -0.341. The van der Waals surface area contributed by atoms with Gasteiger partial charge in [0.1, 0.15) is 0 Å². The molecular weight excluding hydrogens is 396 g/mol. The van der Waals surface area contributed by atoms with Crippen LogP contribution in [0.2, 0.25) is 10.0 Å². The summed E-state index contributed by atoms with van der Waals surface area (Å²) >= 11 is 14.5. The Morgan fingerprint density at radius 3 is 2.53 bits per heavy atom. The van der Waals surface area contributed by atoms with Gasteiger partial charge >= 0.3 is 0 Å². The molecule has 1 unspecified atom stereocenters. The Balaban J connectivity index is 2.46. The number of aromatic nitrogens is 2. The summed E-state index contributed by atoms with van der Waals surface area (Å²) in [6.45, 7) is 4.08. The van der Waals surface area contributed by atoms with Gasteiger partial charge in [-0.05, 0) is 54.1 Å². The lowest BCUT2D eigenvalue weighted by Gasteiger charge is -2.18. The summed E-state index contributed by atoms with van der Waals surface area (Å²) in [7, 11) is 0. The smallest absolute Gasteiger partial charge is 0.0837 e. The first kappa shape index (κ1) is 15.1. The number of hydrogen-bond acceptors (Lipinski definition) is 2. The van der Waals surface area contributed by atoms with E-state index < -0.39 is 0 Å². The maximum Gasteiger partial charge on any atom is 0.0837 e. The number of nitrogens with zero attached hydrogens (tertiary/aromatic N) is 2. The molecule has 0 aliphatic carbocycles. The molecule has 0 saturated heterocycles. The van der Waals surface area contributed by atoms with E-state index in [0.717, 1.165) is 14.8 Å². The second-order valence-electron chi connectivity index (χ2n) is 4.57. The Morgan fingerprint density at radius 2 is 1.95 bits per heavy atom. The van der Waals surface area contributed by atoms with Crippen molar-refractivity contribution in [1.29, 1.82) is 0 Å². The molecule has 0 aliphatic heterocycles. The van der Waals surface area contributed by atoms with Crippen molar-refractivity contribution in [3.8, 4) is 0 Å². The summed E-state index contributed by atoms with van der Waals surface area (Å²) in [5.41, 5.74) is 8.05. The van der Waals surface area contributed by atoms with Crippen molar-refractivity contribution in [3.63, 3.8) is 0 Å². The van der Waals surface area contributed by atoms with Crippen molar-refractivity contribution in [3.05, 3.63) is 49.3 Å². The molecule has 0 fully saturated rings. The highest BCUT2D eigenvalue weighted by molar-refractivity contribution is 14.1. The van der Waals surface area contributed by atoms with Crippen molar-refractivity contribution in [1.82, 2.24) is 9.78 Å². The topological polar surface area (TPSA) is 43.8 Å². The average molecular weight is 410 g/mol. The van der Waals surface area contributed by atoms with Crippen molar-refractivity contribution in [2.45, 2.75) is 25.9 Å². The fourth-order valence-corrected chi connectivity index (χ4v) is 2.69. The van der Waals surface area contributed by atoms with Crippen LogP contribution in [-0.2, 0) is 0 Å². The molecule has 2 aromatic rings. The molecule has 1 heterocycles. The zero-order valence-corrected chi connectivity index (χ0v) is 14.2. The van der Waals surface area contributed by atoms with Crippen molar-refractivity contribution < 1.29 is 0 Å². The third kappa shape index (κ3) is 3.07. The molecule has 0 bridgehead atoms. The lowest BCUT2D eigenvalue weighted by atomic mass is 10.0. The highest BCUT2D eigenvalue weighted by atomic mass is 127. The molecule has 2 N–H and O–H groups in total. The van der Waals surface area contributed by atoms with Gasteiger partial charge in [0, 0.05) is 9.61 Å². The van der Waals surface area contributed by atoms with Crippen molar-refractivity contribution in [2.24, 2.45) is 5.73 Å². The van der Waals surface area contributed by atoms with E-state index in [-0.39, 0.29) is 12.1 Å². The molecule has 0 aliphatic rings. The molecule has 0 spiro atoms. The first-order chi connectivity index (χ1) is 8.91. The Hall–Kier alpha value is -0.300. The molecule has 19 heavy (non-hydrogen) atoms. The van der Waals surface area contributed by atoms with Crippen LogP contribution in [0.3, 0.4) is 0 Å². The van der Waals surface area contributed by atoms with E-state index in [4.69, 9.17) is 28.9 Å². The summed E-state index contributed by atoms with van der Waals surface area (Å²) in [5.74, 6) is 0. The minimum Gasteiger partial charge on any atom is -0.319 e. The van der Waals surface area contributed by atoms with E-state index in [1.807, 2.05) is 36.7 Å². The van der Waals surface area contributed by atoms with Crippen LogP contribution in [-0.4, -0.2) is 9.78 Å². The van der Waals surface area contributed by atoms with Gasteiger partial charge in [0.25, 0.3) is 0 Å². The molecule has 1 aromatic carbocycles. The summed E-state index contributed by atoms with van der Waals surface area (Å²) < 4.78 is 2.84. The van der Waals surface area contributed by atoms with E-state index in [1.165, 1.54) is 0 Å². The maximum absolute atomic E-state index is 6.31. The number of hydrogen-bond donors (Lipinski definition) is 1. The van der Waals surface area contributed by atoms with Crippen LogP contribution in [0.1, 0.15) is 37.2 Å². The van der Waals surface area contributed by atoms with Crippen LogP contribution >= 0.6 is 45.8 Å². The largest absolute Gasteiger partial charge is 0.319 e. The van der Waals surface area contributed by atoms with Crippen LogP contribution in [0.25, 0.3) is 0 Å². The van der Waals surface area contributed by atoms with Crippen LogP contribution < -0.4 is 5.73 Å². The van der Waals surface area contributed by atoms with Crippen LogP contribution in [0, 0.1) is 3.57 Å². The van der Waals surface area contributed by atoms with Crippen LogP contribution in [0.15, 0.2) is 24.4 Å². The third-order valence-electron chi connectivity index (χ3n) is 2.87. The van der Waals surface area contributed by atoms with Gasteiger partial charge in [-0.25, -0.2) is 0 Å². The average Bonchev–Trinajstić information content (AvgIpc) is 2.74. The summed E-state index contributed by atoms with van der Waals surface area (Å²) in [4.78, 5) is 0. The zero-order valence-electron chi connectivity index (χ0n) is 10.6. The summed E-state index contributed by atoms with van der Waals surface area (Å²) in [6, 6.07) is 5.65. The second-order valence-corrected chi connectivity index (χ2v) is 6.54. The van der Waals surface area contributed by atoms with E-state index in [1.54, 1.807) is 6.20 Å². The zero-order chi connectivity index (χ0) is 14.2. The highest BCUT2D eigenvalue weighted by Crippen LogP contribution is 2.30. The minimum absolute atomic E-state index is 0.202. The van der Waals surface area contributed by atoms with E-state index in [9.17, 15) is 0 Å². The van der Waals surface area contributed by atoms with Crippen molar-refractivity contribution >= 4 is 45.8 Å². The first-order valence-electron chi connectivity index (χ1n) is 5.85. The quantitative estimate of drug-likeness (QED) is 0.762. The summed E-state index contributed by atoms with van der Waals surface area (Å²) in [6.07, 6.45) is 1.63. The first-order valence-corrected chi connectivity index (χ1v) is 7.68. The maximum atomic E-state index is 6.31. The Kier molecular flexibility index (Phi) is 4.76. The Labute approximate surface area is 136 Å². The van der Waals surface area contributed by atoms with Gasteiger partial charge in [-0.15, -0.1) is 0 Å². The van der Waals surface area contributed by atoms with E-state index in [2.05, 4.69) is 27.7 Å². The van der Waals surface area contributed by atoms with Crippen LogP contribution in [0.4, 0.5) is 0 Å². The highest BCUT2D eigenvalue weighted by Gasteiger charge is 2.20. The van der Waals surface area contributed by atoms with Crippen molar-refractivity contribution in [2.75, 3.05) is 0 Å². The Morgan fingerprint density at radius 1 is 1.26 bits per heavy atom. The van der Waals surface area contributed by atoms with E-state index in [0.29, 0.717) is 10.0 Å². The molecule has 3 nitrogen and oxygen atoms in total. The van der Waals surface area contributed by atoms with Gasteiger partial charge in [0.05, 0.1) is 28.0 Å². The molecule has 6 heteroatoms. The molecule has 0 radical (unpaired) electrons. The number of rotatable bonds is 3. The lowest BCUT2D eigenvalue weighted by molar-refractivity contribution is 0.499. The molecule has 0 amide bonds. The van der Waals surface area contributed by atoms with Gasteiger partial charge in [0.15, 0.2) is 0 Å². The molecular formula is C13H14Cl2IN3. The van der Waals surface area contributed by atoms with Crippen LogP contribution in [0.5, 0.6) is 0 Å². The fraction of sp³-hybridized carbons (Fsp3) is 0.308. The molecule has 2 rings (SSSR count).